The Morgan fingerprint density at radius 3 is 2.47 bits per heavy atom. The highest BCUT2D eigenvalue weighted by atomic mass is 32.2. The number of rotatable bonds is 7. The Morgan fingerprint density at radius 1 is 1.09 bits per heavy atom. The molecule has 2 fully saturated rings. The molecule has 0 bridgehead atoms. The van der Waals surface area contributed by atoms with Gasteiger partial charge in [0.1, 0.15) is 5.75 Å². The van der Waals surface area contributed by atoms with E-state index in [1.807, 2.05) is 25.1 Å². The number of carbonyl (C=O) groups is 2. The summed E-state index contributed by atoms with van der Waals surface area (Å²) in [7, 11) is -3.50. The molecular weight excluding hydrogens is 430 g/mol. The van der Waals surface area contributed by atoms with Crippen molar-refractivity contribution in [2.24, 2.45) is 5.92 Å². The van der Waals surface area contributed by atoms with Gasteiger partial charge in [0.2, 0.25) is 21.8 Å². The quantitative estimate of drug-likeness (QED) is 0.690. The van der Waals surface area contributed by atoms with Gasteiger partial charge in [-0.05, 0) is 56.2 Å². The smallest absolute Gasteiger partial charge is 0.243 e. The number of hydrogen-bond acceptors (Lipinski definition) is 5. The second-order valence-corrected chi connectivity index (χ2v) is 9.87. The average Bonchev–Trinajstić information content (AvgIpc) is 3.45. The van der Waals surface area contributed by atoms with Gasteiger partial charge >= 0.3 is 0 Å². The van der Waals surface area contributed by atoms with E-state index in [4.69, 9.17) is 4.74 Å². The summed E-state index contributed by atoms with van der Waals surface area (Å²) in [6.45, 7) is 3.70. The molecule has 0 aromatic heterocycles. The minimum absolute atomic E-state index is 0.105. The van der Waals surface area contributed by atoms with Gasteiger partial charge in [-0.2, -0.15) is 4.31 Å². The number of nitrogens with one attached hydrogen (secondary N) is 1. The van der Waals surface area contributed by atoms with E-state index in [0.717, 1.165) is 12.8 Å². The predicted molar refractivity (Wildman–Crippen MR) is 121 cm³/mol. The Morgan fingerprint density at radius 2 is 1.78 bits per heavy atom. The Labute approximate surface area is 188 Å². The van der Waals surface area contributed by atoms with Crippen LogP contribution in [0.3, 0.4) is 0 Å². The summed E-state index contributed by atoms with van der Waals surface area (Å²) in [6, 6.07) is 13.5. The van der Waals surface area contributed by atoms with Crippen LogP contribution in [-0.2, 0) is 19.6 Å². The van der Waals surface area contributed by atoms with Crippen LogP contribution < -0.4 is 15.0 Å². The Bertz CT molecular complexity index is 1090. The number of amides is 2. The maximum absolute atomic E-state index is 12.8. The molecule has 0 saturated carbocycles. The van der Waals surface area contributed by atoms with Crippen LogP contribution in [0.25, 0.3) is 0 Å². The fourth-order valence-electron chi connectivity index (χ4n) is 4.11. The Balaban J connectivity index is 1.42. The zero-order valence-corrected chi connectivity index (χ0v) is 18.8. The standard InChI is InChI=1S/C23H27N3O5S/c1-2-31-21-8-4-3-7-20(21)26-16-17(15-22(26)27)23(28)24-18-9-11-19(12-10-18)32(29,30)25-13-5-6-14-25/h3-4,7-12,17H,2,5-6,13-16H2,1H3,(H,24,28). The van der Waals surface area contributed by atoms with Crippen LogP contribution in [-0.4, -0.2) is 50.8 Å². The molecule has 2 aliphatic heterocycles. The highest BCUT2D eigenvalue weighted by Crippen LogP contribution is 2.33. The molecule has 1 atom stereocenters. The molecule has 8 nitrogen and oxygen atoms in total. The summed E-state index contributed by atoms with van der Waals surface area (Å²) in [6.07, 6.45) is 1.85. The van der Waals surface area contributed by atoms with Crippen molar-refractivity contribution in [3.63, 3.8) is 0 Å². The molecule has 0 radical (unpaired) electrons. The third kappa shape index (κ3) is 4.49. The van der Waals surface area contributed by atoms with E-state index in [9.17, 15) is 18.0 Å². The molecule has 0 aliphatic carbocycles. The number of hydrogen-bond donors (Lipinski definition) is 1. The topological polar surface area (TPSA) is 96.0 Å². The molecular formula is C23H27N3O5S. The number of sulfonamides is 1. The lowest BCUT2D eigenvalue weighted by Crippen LogP contribution is -2.28. The lowest BCUT2D eigenvalue weighted by molar-refractivity contribution is -0.122. The van der Waals surface area contributed by atoms with Gasteiger partial charge in [-0.15, -0.1) is 0 Å². The van der Waals surface area contributed by atoms with Crippen LogP contribution in [0.2, 0.25) is 0 Å². The van der Waals surface area contributed by atoms with Crippen LogP contribution in [0.4, 0.5) is 11.4 Å². The van der Waals surface area contributed by atoms with Gasteiger partial charge in [0, 0.05) is 31.7 Å². The monoisotopic (exact) mass is 457 g/mol. The summed E-state index contributed by atoms with van der Waals surface area (Å²) in [5.41, 5.74) is 1.15. The number of nitrogens with zero attached hydrogens (tertiary/aromatic N) is 2. The minimum atomic E-state index is -3.50. The van der Waals surface area contributed by atoms with Crippen molar-refractivity contribution in [3.8, 4) is 5.75 Å². The summed E-state index contributed by atoms with van der Waals surface area (Å²) in [5.74, 6) is -0.307. The first-order chi connectivity index (χ1) is 15.4. The summed E-state index contributed by atoms with van der Waals surface area (Å²) in [5, 5.41) is 2.81. The second kappa shape index (κ2) is 9.30. The van der Waals surface area contributed by atoms with Gasteiger partial charge in [-0.25, -0.2) is 8.42 Å². The number of para-hydroxylation sites is 2. The molecule has 2 saturated heterocycles. The largest absolute Gasteiger partial charge is 0.492 e. The first-order valence-electron chi connectivity index (χ1n) is 10.8. The van der Waals surface area contributed by atoms with Crippen LogP contribution >= 0.6 is 0 Å². The third-order valence-electron chi connectivity index (χ3n) is 5.78. The molecule has 4 rings (SSSR count). The fourth-order valence-corrected chi connectivity index (χ4v) is 5.62. The van der Waals surface area contributed by atoms with Crippen LogP contribution in [0.15, 0.2) is 53.4 Å². The Kier molecular flexibility index (Phi) is 6.48. The first-order valence-corrected chi connectivity index (χ1v) is 12.3. The van der Waals surface area contributed by atoms with Gasteiger partial charge < -0.3 is 15.0 Å². The predicted octanol–water partition coefficient (Wildman–Crippen LogP) is 2.86. The molecule has 1 N–H and O–H groups in total. The van der Waals surface area contributed by atoms with Crippen molar-refractivity contribution in [2.45, 2.75) is 31.1 Å². The minimum Gasteiger partial charge on any atom is -0.492 e. The lowest BCUT2D eigenvalue weighted by atomic mass is 10.1. The van der Waals surface area contributed by atoms with Crippen LogP contribution in [0, 0.1) is 5.92 Å². The normalized spacial score (nSPS) is 19.3. The van der Waals surface area contributed by atoms with Gasteiger partial charge in [-0.3, -0.25) is 9.59 Å². The van der Waals surface area contributed by atoms with E-state index < -0.39 is 15.9 Å². The van der Waals surface area contributed by atoms with Crippen molar-refractivity contribution < 1.29 is 22.7 Å². The van der Waals surface area contributed by atoms with Crippen LogP contribution in [0.5, 0.6) is 5.75 Å². The molecule has 9 heteroatoms. The van der Waals surface area contributed by atoms with E-state index in [1.54, 1.807) is 23.1 Å². The summed E-state index contributed by atoms with van der Waals surface area (Å²) < 4.78 is 32.4. The Hall–Kier alpha value is -2.91. The molecule has 2 heterocycles. The SMILES string of the molecule is CCOc1ccccc1N1CC(C(=O)Nc2ccc(S(=O)(=O)N3CCCC3)cc2)CC1=O. The second-order valence-electron chi connectivity index (χ2n) is 7.93. The third-order valence-corrected chi connectivity index (χ3v) is 7.69. The number of ether oxygens (including phenoxy) is 1. The summed E-state index contributed by atoms with van der Waals surface area (Å²) >= 11 is 0. The molecule has 32 heavy (non-hydrogen) atoms. The molecule has 2 aromatic carbocycles. The average molecular weight is 458 g/mol. The fraction of sp³-hybridized carbons (Fsp3) is 0.391. The zero-order chi connectivity index (χ0) is 22.7. The number of carbonyl (C=O) groups excluding carboxylic acids is 2. The molecule has 2 amide bonds. The lowest BCUT2D eigenvalue weighted by Gasteiger charge is -2.20. The maximum Gasteiger partial charge on any atom is 0.243 e. The molecule has 2 aromatic rings. The molecule has 0 spiro atoms. The van der Waals surface area contributed by atoms with Gasteiger partial charge in [0.05, 0.1) is 23.1 Å². The van der Waals surface area contributed by atoms with Crippen LogP contribution in [0.1, 0.15) is 26.2 Å². The van der Waals surface area contributed by atoms with Crippen molar-refractivity contribution in [1.29, 1.82) is 0 Å². The van der Waals surface area contributed by atoms with E-state index in [0.29, 0.717) is 36.8 Å². The van der Waals surface area contributed by atoms with Gasteiger partial charge in [-0.1, -0.05) is 12.1 Å². The molecule has 170 valence electrons. The van der Waals surface area contributed by atoms with Crippen molar-refractivity contribution >= 4 is 33.2 Å². The zero-order valence-electron chi connectivity index (χ0n) is 18.0. The van der Waals surface area contributed by atoms with Crippen molar-refractivity contribution in [1.82, 2.24) is 4.31 Å². The van der Waals surface area contributed by atoms with E-state index in [1.165, 1.54) is 16.4 Å². The molecule has 1 unspecified atom stereocenters. The first kappa shape index (κ1) is 22.3. The van der Waals surface area contributed by atoms with Gasteiger partial charge in [0.15, 0.2) is 0 Å². The van der Waals surface area contributed by atoms with Crippen molar-refractivity contribution in [2.75, 3.05) is 36.5 Å². The van der Waals surface area contributed by atoms with E-state index in [-0.39, 0.29) is 29.7 Å². The van der Waals surface area contributed by atoms with E-state index in [2.05, 4.69) is 5.32 Å². The highest BCUT2D eigenvalue weighted by Gasteiger charge is 2.36. The highest BCUT2D eigenvalue weighted by molar-refractivity contribution is 7.89. The van der Waals surface area contributed by atoms with Gasteiger partial charge in [0.25, 0.3) is 0 Å². The molecule has 2 aliphatic rings. The van der Waals surface area contributed by atoms with E-state index >= 15 is 0 Å². The number of benzene rings is 2. The summed E-state index contributed by atoms with van der Waals surface area (Å²) in [4.78, 5) is 27.2. The maximum atomic E-state index is 12.8. The van der Waals surface area contributed by atoms with Crippen molar-refractivity contribution in [3.05, 3.63) is 48.5 Å². The number of anilines is 2.